The van der Waals surface area contributed by atoms with E-state index in [0.29, 0.717) is 11.3 Å². The molecule has 112 valence electrons. The van der Waals surface area contributed by atoms with Gasteiger partial charge in [-0.3, -0.25) is 4.79 Å². The first-order valence-corrected chi connectivity index (χ1v) is 7.54. The molecule has 3 heteroatoms. The van der Waals surface area contributed by atoms with Gasteiger partial charge in [-0.05, 0) is 12.8 Å². The Kier molecular flexibility index (Phi) is 5.78. The number of carbonyl (C=O) groups is 1. The fourth-order valence-corrected chi connectivity index (χ4v) is 2.07. The number of benzene rings is 2. The molecule has 0 bridgehead atoms. The molecule has 0 saturated heterocycles. The van der Waals surface area contributed by atoms with E-state index < -0.39 is 0 Å². The largest absolute Gasteiger partial charge is 0.287 e. The molecule has 0 N–H and O–H groups in total. The number of nitrogens with zero attached hydrogens (tertiary/aromatic N) is 2. The molecule has 0 aromatic heterocycles. The summed E-state index contributed by atoms with van der Waals surface area (Å²) in [6.45, 7) is 4.08. The third-order valence-corrected chi connectivity index (χ3v) is 3.41. The van der Waals surface area contributed by atoms with Crippen LogP contribution in [-0.2, 0) is 0 Å². The first-order chi connectivity index (χ1) is 10.8. The molecule has 0 heterocycles. The highest BCUT2D eigenvalue weighted by molar-refractivity contribution is 6.51. The molecule has 2 rings (SSSR count). The maximum Gasteiger partial charge on any atom is 0.213 e. The van der Waals surface area contributed by atoms with Crippen LogP contribution in [-0.4, -0.2) is 17.2 Å². The summed E-state index contributed by atoms with van der Waals surface area (Å²) in [5.41, 5.74) is 2.77. The Hall–Kier alpha value is -2.55. The lowest BCUT2D eigenvalue weighted by molar-refractivity contribution is 0.106. The van der Waals surface area contributed by atoms with Crippen LogP contribution >= 0.6 is 0 Å². The molecule has 0 aliphatic heterocycles. The van der Waals surface area contributed by atoms with Crippen molar-refractivity contribution in [2.45, 2.75) is 26.7 Å². The van der Waals surface area contributed by atoms with Crippen molar-refractivity contribution < 1.29 is 4.79 Å². The van der Waals surface area contributed by atoms with Crippen LogP contribution in [0.3, 0.4) is 0 Å². The Labute approximate surface area is 131 Å². The lowest BCUT2D eigenvalue weighted by Gasteiger charge is -2.05. The van der Waals surface area contributed by atoms with E-state index in [1.54, 1.807) is 12.1 Å². The van der Waals surface area contributed by atoms with Crippen LogP contribution in [0.2, 0.25) is 0 Å². The second kappa shape index (κ2) is 8.03. The molecule has 0 unspecified atom stereocenters. The van der Waals surface area contributed by atoms with Crippen LogP contribution in [0.5, 0.6) is 0 Å². The molecule has 22 heavy (non-hydrogen) atoms. The average molecular weight is 292 g/mol. The fraction of sp³-hybridized carbons (Fsp3) is 0.211. The van der Waals surface area contributed by atoms with Gasteiger partial charge in [-0.1, -0.05) is 74.5 Å². The maximum atomic E-state index is 12.7. The third kappa shape index (κ3) is 3.98. The quantitative estimate of drug-likeness (QED) is 0.438. The van der Waals surface area contributed by atoms with Crippen LogP contribution < -0.4 is 0 Å². The minimum Gasteiger partial charge on any atom is -0.287 e. The molecule has 0 fully saturated rings. The van der Waals surface area contributed by atoms with Gasteiger partial charge in [-0.2, -0.15) is 5.10 Å². The van der Waals surface area contributed by atoms with E-state index in [0.717, 1.165) is 24.1 Å². The summed E-state index contributed by atoms with van der Waals surface area (Å²) in [7, 11) is 0. The summed E-state index contributed by atoms with van der Waals surface area (Å²) < 4.78 is 0. The van der Waals surface area contributed by atoms with Gasteiger partial charge in [0.25, 0.3) is 0 Å². The second-order valence-electron chi connectivity index (χ2n) is 4.88. The van der Waals surface area contributed by atoms with Crippen molar-refractivity contribution in [1.82, 2.24) is 0 Å². The predicted molar refractivity (Wildman–Crippen MR) is 91.8 cm³/mol. The number of Topliss-reactive ketones (excluding diaryl/α,β-unsaturated/α-hetero) is 1. The summed E-state index contributed by atoms with van der Waals surface area (Å²) >= 11 is 0. The van der Waals surface area contributed by atoms with Crippen molar-refractivity contribution in [3.8, 4) is 0 Å². The molecule has 0 saturated carbocycles. The minimum absolute atomic E-state index is 0.109. The molecule has 0 radical (unpaired) electrons. The molecule has 0 spiro atoms. The highest BCUT2D eigenvalue weighted by atomic mass is 16.1. The van der Waals surface area contributed by atoms with E-state index in [9.17, 15) is 4.79 Å². The standard InChI is InChI=1S/C19H20N2O/c1-3-17(4-2)20-21-18(15-11-7-5-8-12-15)19(22)16-13-9-6-10-14-16/h5-14H,3-4H2,1-2H3/b21-18-. The van der Waals surface area contributed by atoms with E-state index in [4.69, 9.17) is 0 Å². The van der Waals surface area contributed by atoms with Crippen LogP contribution in [0.25, 0.3) is 0 Å². The van der Waals surface area contributed by atoms with Crippen molar-refractivity contribution in [3.05, 3.63) is 71.8 Å². The van der Waals surface area contributed by atoms with Gasteiger partial charge in [0.1, 0.15) is 5.71 Å². The van der Waals surface area contributed by atoms with Gasteiger partial charge in [0.2, 0.25) is 5.78 Å². The Bertz CT molecular complexity index is 667. The van der Waals surface area contributed by atoms with Gasteiger partial charge < -0.3 is 0 Å². The Morgan fingerprint density at radius 2 is 1.27 bits per heavy atom. The Morgan fingerprint density at radius 3 is 1.77 bits per heavy atom. The predicted octanol–water partition coefficient (Wildman–Crippen LogP) is 4.53. The van der Waals surface area contributed by atoms with Crippen molar-refractivity contribution in [1.29, 1.82) is 0 Å². The van der Waals surface area contributed by atoms with Gasteiger partial charge in [0.15, 0.2) is 0 Å². The topological polar surface area (TPSA) is 41.8 Å². The molecule has 0 aliphatic rings. The van der Waals surface area contributed by atoms with Gasteiger partial charge in [0.05, 0.1) is 0 Å². The zero-order valence-corrected chi connectivity index (χ0v) is 13.0. The number of hydrogen-bond acceptors (Lipinski definition) is 3. The Morgan fingerprint density at radius 1 is 0.773 bits per heavy atom. The fourth-order valence-electron chi connectivity index (χ4n) is 2.07. The molecule has 2 aromatic carbocycles. The van der Waals surface area contributed by atoms with Gasteiger partial charge in [-0.25, -0.2) is 0 Å². The van der Waals surface area contributed by atoms with Crippen molar-refractivity contribution in [3.63, 3.8) is 0 Å². The van der Waals surface area contributed by atoms with Gasteiger partial charge in [0, 0.05) is 16.8 Å². The molecule has 0 amide bonds. The van der Waals surface area contributed by atoms with Crippen LogP contribution in [0, 0.1) is 0 Å². The van der Waals surface area contributed by atoms with E-state index in [2.05, 4.69) is 10.2 Å². The van der Waals surface area contributed by atoms with E-state index >= 15 is 0 Å². The average Bonchev–Trinajstić information content (AvgIpc) is 2.60. The summed E-state index contributed by atoms with van der Waals surface area (Å²) in [5, 5.41) is 8.54. The van der Waals surface area contributed by atoms with E-state index in [-0.39, 0.29) is 5.78 Å². The highest BCUT2D eigenvalue weighted by Crippen LogP contribution is 2.10. The van der Waals surface area contributed by atoms with Crippen molar-refractivity contribution in [2.24, 2.45) is 10.2 Å². The summed E-state index contributed by atoms with van der Waals surface area (Å²) in [4.78, 5) is 12.7. The van der Waals surface area contributed by atoms with Gasteiger partial charge >= 0.3 is 0 Å². The lowest BCUT2D eigenvalue weighted by atomic mass is 10.0. The zero-order chi connectivity index (χ0) is 15.8. The van der Waals surface area contributed by atoms with Gasteiger partial charge in [-0.15, -0.1) is 5.10 Å². The van der Waals surface area contributed by atoms with Crippen LogP contribution in [0.1, 0.15) is 42.6 Å². The number of hydrogen-bond donors (Lipinski definition) is 0. The summed E-state index contributed by atoms with van der Waals surface area (Å²) in [5.74, 6) is -0.109. The molecule has 2 aromatic rings. The van der Waals surface area contributed by atoms with E-state index in [1.165, 1.54) is 0 Å². The van der Waals surface area contributed by atoms with Crippen molar-refractivity contribution >= 4 is 17.2 Å². The molecule has 0 aliphatic carbocycles. The zero-order valence-electron chi connectivity index (χ0n) is 13.0. The number of carbonyl (C=O) groups excluding carboxylic acids is 1. The number of rotatable bonds is 6. The van der Waals surface area contributed by atoms with E-state index in [1.807, 2.05) is 62.4 Å². The van der Waals surface area contributed by atoms with Crippen LogP contribution in [0.4, 0.5) is 0 Å². The smallest absolute Gasteiger partial charge is 0.213 e. The SMILES string of the molecule is CCC(CC)=N/N=C(\C(=O)c1ccccc1)c1ccccc1. The monoisotopic (exact) mass is 292 g/mol. The molecular formula is C19H20N2O. The highest BCUT2D eigenvalue weighted by Gasteiger charge is 2.16. The van der Waals surface area contributed by atoms with Crippen molar-refractivity contribution in [2.75, 3.05) is 0 Å². The first kappa shape index (κ1) is 15.8. The lowest BCUT2D eigenvalue weighted by Crippen LogP contribution is -2.15. The summed E-state index contributed by atoms with van der Waals surface area (Å²) in [6, 6.07) is 18.7. The molecule has 3 nitrogen and oxygen atoms in total. The normalized spacial score (nSPS) is 11.1. The molecular weight excluding hydrogens is 272 g/mol. The maximum absolute atomic E-state index is 12.7. The van der Waals surface area contributed by atoms with Crippen LogP contribution in [0.15, 0.2) is 70.9 Å². The third-order valence-electron chi connectivity index (χ3n) is 3.41. The second-order valence-corrected chi connectivity index (χ2v) is 4.88. The first-order valence-electron chi connectivity index (χ1n) is 7.54. The minimum atomic E-state index is -0.109. The number of ketones is 1. The summed E-state index contributed by atoms with van der Waals surface area (Å²) in [6.07, 6.45) is 1.67. The Balaban J connectivity index is 2.45. The molecule has 0 atom stereocenters.